The summed E-state index contributed by atoms with van der Waals surface area (Å²) in [6.07, 6.45) is 2.27. The molecule has 0 amide bonds. The number of hydrogen-bond donors (Lipinski definition) is 2. The fourth-order valence-electron chi connectivity index (χ4n) is 1.66. The lowest BCUT2D eigenvalue weighted by atomic mass is 10.1. The summed E-state index contributed by atoms with van der Waals surface area (Å²) in [5.74, 6) is 0.961. The molecule has 1 aliphatic rings. The molecule has 0 fully saturated rings. The van der Waals surface area contributed by atoms with Gasteiger partial charge in [0.1, 0.15) is 0 Å². The van der Waals surface area contributed by atoms with Gasteiger partial charge in [0.25, 0.3) is 0 Å². The molecule has 2 N–H and O–H groups in total. The van der Waals surface area contributed by atoms with Gasteiger partial charge in [-0.15, -0.1) is 0 Å². The average Bonchev–Trinajstić information content (AvgIpc) is 2.79. The van der Waals surface area contributed by atoms with Crippen molar-refractivity contribution in [2.45, 2.75) is 12.8 Å². The number of aryl methyl sites for hydroxylation is 1. The highest BCUT2D eigenvalue weighted by atomic mass is 15.2. The second-order valence-corrected chi connectivity index (χ2v) is 3.67. The van der Waals surface area contributed by atoms with Gasteiger partial charge in [0.15, 0.2) is 5.96 Å². The Morgan fingerprint density at radius 3 is 2.87 bits per heavy atom. The maximum Gasteiger partial charge on any atom is 0.191 e. The van der Waals surface area contributed by atoms with Crippen molar-refractivity contribution in [3.05, 3.63) is 35.9 Å². The molecule has 3 heteroatoms. The first-order valence-electron chi connectivity index (χ1n) is 5.51. The summed E-state index contributed by atoms with van der Waals surface area (Å²) in [7, 11) is 0. The summed E-state index contributed by atoms with van der Waals surface area (Å²) in [5.41, 5.74) is 1.40. The number of aliphatic imine (C=N–C) groups is 1. The van der Waals surface area contributed by atoms with Crippen LogP contribution >= 0.6 is 0 Å². The van der Waals surface area contributed by atoms with Gasteiger partial charge in [-0.05, 0) is 18.4 Å². The molecule has 80 valence electrons. The van der Waals surface area contributed by atoms with Crippen molar-refractivity contribution in [1.82, 2.24) is 10.6 Å². The third kappa shape index (κ3) is 3.27. The van der Waals surface area contributed by atoms with Crippen LogP contribution in [-0.4, -0.2) is 25.6 Å². The zero-order valence-electron chi connectivity index (χ0n) is 8.87. The largest absolute Gasteiger partial charge is 0.356 e. The molecule has 1 heterocycles. The van der Waals surface area contributed by atoms with Crippen molar-refractivity contribution in [2.75, 3.05) is 19.6 Å². The first-order chi connectivity index (χ1) is 7.45. The first kappa shape index (κ1) is 10.0. The van der Waals surface area contributed by atoms with Gasteiger partial charge in [-0.2, -0.15) is 0 Å². The van der Waals surface area contributed by atoms with Crippen molar-refractivity contribution < 1.29 is 0 Å². The quantitative estimate of drug-likeness (QED) is 0.721. The van der Waals surface area contributed by atoms with E-state index in [-0.39, 0.29) is 0 Å². The molecule has 0 radical (unpaired) electrons. The second-order valence-electron chi connectivity index (χ2n) is 3.67. The molecule has 0 aliphatic carbocycles. The van der Waals surface area contributed by atoms with E-state index in [9.17, 15) is 0 Å². The molecule has 0 bridgehead atoms. The van der Waals surface area contributed by atoms with Crippen molar-refractivity contribution >= 4 is 5.96 Å². The Labute approximate surface area is 90.6 Å². The van der Waals surface area contributed by atoms with Gasteiger partial charge in [-0.1, -0.05) is 30.3 Å². The summed E-state index contributed by atoms with van der Waals surface area (Å²) in [6.45, 7) is 2.86. The molecule has 1 aromatic rings. The predicted molar refractivity (Wildman–Crippen MR) is 63.1 cm³/mol. The zero-order chi connectivity index (χ0) is 10.3. The Morgan fingerprint density at radius 1 is 1.27 bits per heavy atom. The fraction of sp³-hybridized carbons (Fsp3) is 0.417. The molecular weight excluding hydrogens is 186 g/mol. The third-order valence-electron chi connectivity index (χ3n) is 2.45. The van der Waals surface area contributed by atoms with Crippen LogP contribution in [0.4, 0.5) is 0 Å². The highest BCUT2D eigenvalue weighted by Gasteiger charge is 2.02. The van der Waals surface area contributed by atoms with Gasteiger partial charge in [0.2, 0.25) is 0 Å². The molecule has 0 aromatic heterocycles. The number of nitrogens with one attached hydrogen (secondary N) is 2. The van der Waals surface area contributed by atoms with Gasteiger partial charge >= 0.3 is 0 Å². The van der Waals surface area contributed by atoms with Crippen LogP contribution in [0.3, 0.4) is 0 Å². The van der Waals surface area contributed by atoms with Crippen LogP contribution in [0, 0.1) is 0 Å². The van der Waals surface area contributed by atoms with Gasteiger partial charge in [0, 0.05) is 13.1 Å². The summed E-state index contributed by atoms with van der Waals surface area (Å²) in [6, 6.07) is 10.6. The monoisotopic (exact) mass is 203 g/mol. The number of nitrogens with zero attached hydrogens (tertiary/aromatic N) is 1. The minimum absolute atomic E-state index is 0.904. The smallest absolute Gasteiger partial charge is 0.191 e. The standard InChI is InChI=1S/C12H17N3/c1-2-5-11(6-3-1)7-4-8-13-12-14-9-10-15-12/h1-3,5-6H,4,7-10H2,(H2,13,14,15). The lowest BCUT2D eigenvalue weighted by Gasteiger charge is -2.06. The molecular formula is C12H17N3. The van der Waals surface area contributed by atoms with Crippen LogP contribution in [0.5, 0.6) is 0 Å². The van der Waals surface area contributed by atoms with E-state index >= 15 is 0 Å². The maximum absolute atomic E-state index is 4.27. The van der Waals surface area contributed by atoms with Crippen LogP contribution in [-0.2, 0) is 6.42 Å². The van der Waals surface area contributed by atoms with Crippen molar-refractivity contribution in [2.24, 2.45) is 4.99 Å². The molecule has 0 atom stereocenters. The van der Waals surface area contributed by atoms with Crippen LogP contribution in [0.2, 0.25) is 0 Å². The summed E-state index contributed by atoms with van der Waals surface area (Å²) in [4.78, 5) is 4.27. The van der Waals surface area contributed by atoms with E-state index in [0.29, 0.717) is 0 Å². The van der Waals surface area contributed by atoms with Gasteiger partial charge in [0.05, 0.1) is 6.54 Å². The minimum Gasteiger partial charge on any atom is -0.356 e. The topological polar surface area (TPSA) is 36.4 Å². The van der Waals surface area contributed by atoms with E-state index in [0.717, 1.165) is 38.4 Å². The second kappa shape index (κ2) is 5.39. The van der Waals surface area contributed by atoms with Crippen LogP contribution in [0.15, 0.2) is 35.3 Å². The maximum atomic E-state index is 4.27. The Balaban J connectivity index is 1.63. The molecule has 0 spiro atoms. The molecule has 2 rings (SSSR count). The number of guanidine groups is 1. The van der Waals surface area contributed by atoms with Crippen molar-refractivity contribution in [3.8, 4) is 0 Å². The highest BCUT2D eigenvalue weighted by molar-refractivity contribution is 5.81. The molecule has 0 saturated heterocycles. The SMILES string of the molecule is c1ccc(CCCNC2=NCCN2)cc1. The predicted octanol–water partition coefficient (Wildman–Crippen LogP) is 1.17. The Hall–Kier alpha value is -1.51. The molecule has 0 saturated carbocycles. The van der Waals surface area contributed by atoms with E-state index in [4.69, 9.17) is 0 Å². The van der Waals surface area contributed by atoms with Crippen LogP contribution in [0.1, 0.15) is 12.0 Å². The number of rotatable bonds is 4. The molecule has 0 unspecified atom stereocenters. The van der Waals surface area contributed by atoms with E-state index < -0.39 is 0 Å². The molecule has 15 heavy (non-hydrogen) atoms. The average molecular weight is 203 g/mol. The van der Waals surface area contributed by atoms with Gasteiger partial charge in [-0.25, -0.2) is 0 Å². The van der Waals surface area contributed by atoms with Gasteiger partial charge in [-0.3, -0.25) is 4.99 Å². The molecule has 1 aromatic carbocycles. The highest BCUT2D eigenvalue weighted by Crippen LogP contribution is 2.01. The van der Waals surface area contributed by atoms with E-state index in [1.807, 2.05) is 0 Å². The Bertz CT molecular complexity index is 319. The van der Waals surface area contributed by atoms with Crippen LogP contribution < -0.4 is 10.6 Å². The Kier molecular flexibility index (Phi) is 3.60. The number of benzene rings is 1. The lowest BCUT2D eigenvalue weighted by Crippen LogP contribution is -2.34. The third-order valence-corrected chi connectivity index (χ3v) is 2.45. The first-order valence-corrected chi connectivity index (χ1v) is 5.51. The molecule has 1 aliphatic heterocycles. The van der Waals surface area contributed by atoms with E-state index in [2.05, 4.69) is 46.0 Å². The normalized spacial score (nSPS) is 14.5. The fourth-order valence-corrected chi connectivity index (χ4v) is 1.66. The van der Waals surface area contributed by atoms with Gasteiger partial charge < -0.3 is 10.6 Å². The lowest BCUT2D eigenvalue weighted by molar-refractivity contribution is 0.761. The Morgan fingerprint density at radius 2 is 2.13 bits per heavy atom. The molecule has 3 nitrogen and oxygen atoms in total. The summed E-state index contributed by atoms with van der Waals surface area (Å²) < 4.78 is 0. The van der Waals surface area contributed by atoms with E-state index in [1.165, 1.54) is 5.56 Å². The summed E-state index contributed by atoms with van der Waals surface area (Å²) in [5, 5.41) is 6.48. The van der Waals surface area contributed by atoms with Crippen LogP contribution in [0.25, 0.3) is 0 Å². The minimum atomic E-state index is 0.904. The van der Waals surface area contributed by atoms with Crippen molar-refractivity contribution in [3.63, 3.8) is 0 Å². The number of hydrogen-bond acceptors (Lipinski definition) is 3. The zero-order valence-corrected chi connectivity index (χ0v) is 8.87. The van der Waals surface area contributed by atoms with Crippen molar-refractivity contribution in [1.29, 1.82) is 0 Å². The van der Waals surface area contributed by atoms with E-state index in [1.54, 1.807) is 0 Å². The summed E-state index contributed by atoms with van der Waals surface area (Å²) >= 11 is 0.